The Morgan fingerprint density at radius 3 is 2.96 bits per heavy atom. The first kappa shape index (κ1) is 16.7. The second-order valence-electron chi connectivity index (χ2n) is 6.51. The molecule has 0 radical (unpaired) electrons. The van der Waals surface area contributed by atoms with Crippen molar-refractivity contribution in [3.8, 4) is 0 Å². The first-order chi connectivity index (χ1) is 12.7. The summed E-state index contributed by atoms with van der Waals surface area (Å²) in [6, 6.07) is 4.11. The van der Waals surface area contributed by atoms with Crippen LogP contribution in [0.3, 0.4) is 0 Å². The third kappa shape index (κ3) is 3.32. The topological polar surface area (TPSA) is 86.9 Å². The number of aryl methyl sites for hydroxylation is 1. The molecule has 1 aliphatic heterocycles. The third-order valence-electron chi connectivity index (χ3n) is 4.85. The average molecular weight is 354 g/mol. The molecule has 1 amide bonds. The molecule has 4 rings (SSSR count). The van der Waals surface area contributed by atoms with E-state index in [4.69, 9.17) is 4.74 Å². The van der Waals surface area contributed by atoms with Gasteiger partial charge in [0.2, 0.25) is 0 Å². The predicted octanol–water partition coefficient (Wildman–Crippen LogP) is 1.49. The van der Waals surface area contributed by atoms with Crippen molar-refractivity contribution in [1.82, 2.24) is 29.6 Å². The molecule has 1 aliphatic rings. The standard InChI is InChI=1S/C18H22N6O2/c1-23-14(3-7-22-23)2-6-19-18(25)13-10-16-17(20-11-13)24(12-21-16)15-4-8-26-9-5-15/h3,7,10-12,15H,2,4-6,8-9H2,1H3,(H,19,25). The zero-order valence-corrected chi connectivity index (χ0v) is 14.8. The van der Waals surface area contributed by atoms with Crippen molar-refractivity contribution >= 4 is 17.1 Å². The van der Waals surface area contributed by atoms with Crippen LogP contribution in [0.15, 0.2) is 30.9 Å². The zero-order valence-electron chi connectivity index (χ0n) is 14.8. The van der Waals surface area contributed by atoms with E-state index in [1.54, 1.807) is 18.5 Å². The Hall–Kier alpha value is -2.74. The minimum absolute atomic E-state index is 0.137. The Balaban J connectivity index is 1.43. The van der Waals surface area contributed by atoms with Crippen molar-refractivity contribution in [1.29, 1.82) is 0 Å². The van der Waals surface area contributed by atoms with E-state index in [1.165, 1.54) is 0 Å². The minimum atomic E-state index is -0.137. The van der Waals surface area contributed by atoms with Crippen molar-refractivity contribution in [3.63, 3.8) is 0 Å². The molecule has 4 heterocycles. The SMILES string of the molecule is Cn1nccc1CCNC(=O)c1cnc2c(c1)ncn2C1CCOCC1. The van der Waals surface area contributed by atoms with Crippen LogP contribution in [0.1, 0.15) is 34.9 Å². The molecule has 3 aromatic rings. The molecule has 8 nitrogen and oxygen atoms in total. The number of rotatable bonds is 5. The molecule has 26 heavy (non-hydrogen) atoms. The van der Waals surface area contributed by atoms with Crippen LogP contribution in [0, 0.1) is 0 Å². The smallest absolute Gasteiger partial charge is 0.252 e. The number of ether oxygens (including phenoxy) is 1. The van der Waals surface area contributed by atoms with Gasteiger partial charge >= 0.3 is 0 Å². The first-order valence-corrected chi connectivity index (χ1v) is 8.88. The fraction of sp³-hybridized carbons (Fsp3) is 0.444. The minimum Gasteiger partial charge on any atom is -0.381 e. The van der Waals surface area contributed by atoms with Crippen LogP contribution in [-0.4, -0.2) is 50.0 Å². The van der Waals surface area contributed by atoms with E-state index in [0.717, 1.165) is 49.3 Å². The molecule has 8 heteroatoms. The molecule has 1 saturated heterocycles. The largest absolute Gasteiger partial charge is 0.381 e. The highest BCUT2D eigenvalue weighted by atomic mass is 16.5. The Kier molecular flexibility index (Phi) is 4.66. The monoisotopic (exact) mass is 354 g/mol. The average Bonchev–Trinajstić information content (AvgIpc) is 3.28. The van der Waals surface area contributed by atoms with Crippen LogP contribution >= 0.6 is 0 Å². The van der Waals surface area contributed by atoms with E-state index < -0.39 is 0 Å². The van der Waals surface area contributed by atoms with Gasteiger partial charge in [-0.25, -0.2) is 9.97 Å². The van der Waals surface area contributed by atoms with E-state index in [-0.39, 0.29) is 5.91 Å². The first-order valence-electron chi connectivity index (χ1n) is 8.88. The van der Waals surface area contributed by atoms with E-state index in [0.29, 0.717) is 18.2 Å². The van der Waals surface area contributed by atoms with E-state index in [1.807, 2.05) is 24.1 Å². The molecule has 0 unspecified atom stereocenters. The molecule has 0 spiro atoms. The lowest BCUT2D eigenvalue weighted by atomic mass is 10.1. The van der Waals surface area contributed by atoms with Crippen molar-refractivity contribution < 1.29 is 9.53 Å². The zero-order chi connectivity index (χ0) is 17.9. The quantitative estimate of drug-likeness (QED) is 0.750. The number of hydrogen-bond acceptors (Lipinski definition) is 5. The molecule has 1 fully saturated rings. The van der Waals surface area contributed by atoms with Gasteiger partial charge in [-0.15, -0.1) is 0 Å². The maximum Gasteiger partial charge on any atom is 0.252 e. The van der Waals surface area contributed by atoms with Crippen molar-refractivity contribution in [2.75, 3.05) is 19.8 Å². The second kappa shape index (κ2) is 7.25. The predicted molar refractivity (Wildman–Crippen MR) is 95.9 cm³/mol. The summed E-state index contributed by atoms with van der Waals surface area (Å²) in [6.07, 6.45) is 7.85. The van der Waals surface area contributed by atoms with Crippen LogP contribution < -0.4 is 5.32 Å². The van der Waals surface area contributed by atoms with Crippen molar-refractivity contribution in [2.24, 2.45) is 7.05 Å². The maximum absolute atomic E-state index is 12.4. The summed E-state index contributed by atoms with van der Waals surface area (Å²) in [4.78, 5) is 21.3. The number of fused-ring (bicyclic) bond motifs is 1. The number of imidazole rings is 1. The number of pyridine rings is 1. The Bertz CT molecular complexity index is 909. The maximum atomic E-state index is 12.4. The fourth-order valence-corrected chi connectivity index (χ4v) is 3.33. The number of carbonyl (C=O) groups excluding carboxylic acids is 1. The van der Waals surface area contributed by atoms with Gasteiger partial charge in [0.25, 0.3) is 5.91 Å². The van der Waals surface area contributed by atoms with Crippen LogP contribution in [0.5, 0.6) is 0 Å². The molecule has 0 atom stereocenters. The lowest BCUT2D eigenvalue weighted by Crippen LogP contribution is -2.26. The molecule has 0 aromatic carbocycles. The number of carbonyl (C=O) groups is 1. The molecule has 0 saturated carbocycles. The van der Waals surface area contributed by atoms with Gasteiger partial charge in [0.15, 0.2) is 5.65 Å². The summed E-state index contributed by atoms with van der Waals surface area (Å²) in [5.41, 5.74) is 3.17. The highest BCUT2D eigenvalue weighted by molar-refractivity contribution is 5.96. The van der Waals surface area contributed by atoms with Crippen molar-refractivity contribution in [2.45, 2.75) is 25.3 Å². The summed E-state index contributed by atoms with van der Waals surface area (Å²) in [6.45, 7) is 2.08. The Morgan fingerprint density at radius 2 is 2.19 bits per heavy atom. The van der Waals surface area contributed by atoms with E-state index >= 15 is 0 Å². The molecule has 136 valence electrons. The number of nitrogens with one attached hydrogen (secondary N) is 1. The molecular formula is C18H22N6O2. The lowest BCUT2D eigenvalue weighted by molar-refractivity contribution is 0.0704. The van der Waals surface area contributed by atoms with Gasteiger partial charge in [-0.05, 0) is 25.0 Å². The van der Waals surface area contributed by atoms with Gasteiger partial charge < -0.3 is 14.6 Å². The highest BCUT2D eigenvalue weighted by Gasteiger charge is 2.19. The number of hydrogen-bond donors (Lipinski definition) is 1. The van der Waals surface area contributed by atoms with Crippen LogP contribution in [-0.2, 0) is 18.2 Å². The number of nitrogens with zero attached hydrogens (tertiary/aromatic N) is 5. The molecule has 0 bridgehead atoms. The summed E-state index contributed by atoms with van der Waals surface area (Å²) >= 11 is 0. The van der Waals surface area contributed by atoms with Gasteiger partial charge in [0.1, 0.15) is 5.52 Å². The van der Waals surface area contributed by atoms with E-state index in [9.17, 15) is 4.79 Å². The third-order valence-corrected chi connectivity index (χ3v) is 4.85. The van der Waals surface area contributed by atoms with Crippen molar-refractivity contribution in [3.05, 3.63) is 42.1 Å². The molecule has 0 aliphatic carbocycles. The van der Waals surface area contributed by atoms with Crippen LogP contribution in [0.25, 0.3) is 11.2 Å². The van der Waals surface area contributed by atoms with Crippen LogP contribution in [0.2, 0.25) is 0 Å². The summed E-state index contributed by atoms with van der Waals surface area (Å²) in [7, 11) is 1.89. The van der Waals surface area contributed by atoms with Gasteiger partial charge in [0.05, 0.1) is 11.9 Å². The summed E-state index contributed by atoms with van der Waals surface area (Å²) in [5, 5.41) is 7.05. The lowest BCUT2D eigenvalue weighted by Gasteiger charge is -2.23. The molecule has 1 N–H and O–H groups in total. The second-order valence-corrected chi connectivity index (χ2v) is 6.51. The fourth-order valence-electron chi connectivity index (χ4n) is 3.33. The van der Waals surface area contributed by atoms with Gasteiger partial charge in [-0.2, -0.15) is 5.10 Å². The molecule has 3 aromatic heterocycles. The number of aromatic nitrogens is 5. The molecular weight excluding hydrogens is 332 g/mol. The Labute approximate surface area is 151 Å². The summed E-state index contributed by atoms with van der Waals surface area (Å²) in [5.74, 6) is -0.137. The Morgan fingerprint density at radius 1 is 1.35 bits per heavy atom. The normalized spacial score (nSPS) is 15.4. The van der Waals surface area contributed by atoms with Gasteiger partial charge in [-0.3, -0.25) is 9.48 Å². The van der Waals surface area contributed by atoms with Gasteiger partial charge in [-0.1, -0.05) is 0 Å². The summed E-state index contributed by atoms with van der Waals surface area (Å²) < 4.78 is 9.33. The van der Waals surface area contributed by atoms with Gasteiger partial charge in [0, 0.05) is 57.4 Å². The van der Waals surface area contributed by atoms with Crippen LogP contribution in [0.4, 0.5) is 0 Å². The highest BCUT2D eigenvalue weighted by Crippen LogP contribution is 2.24. The number of amides is 1. The van der Waals surface area contributed by atoms with E-state index in [2.05, 4.69) is 25.0 Å².